The second kappa shape index (κ2) is 7.81. The van der Waals surface area contributed by atoms with Gasteiger partial charge in [-0.1, -0.05) is 29.8 Å². The van der Waals surface area contributed by atoms with Crippen molar-refractivity contribution in [2.45, 2.75) is 12.5 Å². The summed E-state index contributed by atoms with van der Waals surface area (Å²) in [6, 6.07) is 14.8. The van der Waals surface area contributed by atoms with Gasteiger partial charge in [-0.15, -0.1) is 0 Å². The fourth-order valence-corrected chi connectivity index (χ4v) is 4.15. The Morgan fingerprint density at radius 1 is 0.964 bits per heavy atom. The Hall–Kier alpha value is -2.57. The predicted octanol–water partition coefficient (Wildman–Crippen LogP) is 2.80. The third-order valence-corrected chi connectivity index (χ3v) is 5.69. The topological polar surface area (TPSA) is 53.1 Å². The zero-order valence-corrected chi connectivity index (χ0v) is 16.4. The smallest absolute Gasteiger partial charge is 0.251 e. The van der Waals surface area contributed by atoms with Crippen LogP contribution in [-0.2, 0) is 9.59 Å². The van der Waals surface area contributed by atoms with Crippen LogP contribution in [0.15, 0.2) is 48.5 Å². The van der Waals surface area contributed by atoms with Crippen LogP contribution >= 0.6 is 11.6 Å². The lowest BCUT2D eigenvalue weighted by molar-refractivity contribution is -0.123. The second-order valence-corrected chi connectivity index (χ2v) is 7.37. The number of piperazine rings is 1. The Labute approximate surface area is 169 Å². The van der Waals surface area contributed by atoms with E-state index in [0.29, 0.717) is 16.5 Å². The van der Waals surface area contributed by atoms with Crippen molar-refractivity contribution < 1.29 is 14.3 Å². The van der Waals surface area contributed by atoms with Crippen molar-refractivity contribution in [3.63, 3.8) is 0 Å². The first-order valence-corrected chi connectivity index (χ1v) is 9.70. The molecule has 0 radical (unpaired) electrons. The normalized spacial score (nSPS) is 20.7. The van der Waals surface area contributed by atoms with E-state index >= 15 is 0 Å². The van der Waals surface area contributed by atoms with Gasteiger partial charge in [0, 0.05) is 31.9 Å². The maximum Gasteiger partial charge on any atom is 0.251 e. The summed E-state index contributed by atoms with van der Waals surface area (Å²) in [5.41, 5.74) is 1.68. The van der Waals surface area contributed by atoms with Gasteiger partial charge in [-0.25, -0.2) is 4.90 Å². The van der Waals surface area contributed by atoms with Crippen LogP contribution in [-0.4, -0.2) is 56.0 Å². The summed E-state index contributed by atoms with van der Waals surface area (Å²) < 4.78 is 5.15. The molecule has 2 aliphatic rings. The minimum atomic E-state index is -0.411. The number of rotatable bonds is 4. The SMILES string of the molecule is COc1ccc(N2C(=O)CC(N3CCN(c4ccccc4)CC3)C2=O)cc1Cl. The highest BCUT2D eigenvalue weighted by Gasteiger charge is 2.43. The Bertz CT molecular complexity index is 882. The minimum absolute atomic E-state index is 0.181. The summed E-state index contributed by atoms with van der Waals surface area (Å²) >= 11 is 6.17. The Balaban J connectivity index is 1.45. The number of nitrogens with zero attached hydrogens (tertiary/aromatic N) is 3. The van der Waals surface area contributed by atoms with E-state index in [9.17, 15) is 9.59 Å². The minimum Gasteiger partial charge on any atom is -0.495 e. The second-order valence-electron chi connectivity index (χ2n) is 6.96. The number of methoxy groups -OCH3 is 1. The summed E-state index contributed by atoms with van der Waals surface area (Å²) in [4.78, 5) is 31.3. The van der Waals surface area contributed by atoms with Gasteiger partial charge < -0.3 is 9.64 Å². The van der Waals surface area contributed by atoms with Gasteiger partial charge in [-0.2, -0.15) is 0 Å². The van der Waals surface area contributed by atoms with Gasteiger partial charge in [0.25, 0.3) is 5.91 Å². The molecule has 1 atom stereocenters. The molecule has 1 unspecified atom stereocenters. The summed E-state index contributed by atoms with van der Waals surface area (Å²) in [5, 5.41) is 0.375. The zero-order chi connectivity index (χ0) is 19.7. The number of para-hydroxylation sites is 1. The Kier molecular flexibility index (Phi) is 5.24. The summed E-state index contributed by atoms with van der Waals surface area (Å²) in [6.45, 7) is 3.15. The van der Waals surface area contributed by atoms with Gasteiger partial charge in [0.1, 0.15) is 5.75 Å². The van der Waals surface area contributed by atoms with Crippen molar-refractivity contribution in [3.05, 3.63) is 53.6 Å². The lowest BCUT2D eigenvalue weighted by atomic mass is 10.1. The number of ether oxygens (including phenoxy) is 1. The van der Waals surface area contributed by atoms with Crippen LogP contribution in [0.2, 0.25) is 5.02 Å². The third-order valence-electron chi connectivity index (χ3n) is 5.39. The number of carbonyl (C=O) groups is 2. The summed E-state index contributed by atoms with van der Waals surface area (Å²) in [5.74, 6) is 0.138. The fraction of sp³-hybridized carbons (Fsp3) is 0.333. The number of anilines is 2. The van der Waals surface area contributed by atoms with Crippen LogP contribution in [0.1, 0.15) is 6.42 Å². The van der Waals surface area contributed by atoms with Crippen molar-refractivity contribution in [3.8, 4) is 5.75 Å². The average Bonchev–Trinajstić information content (AvgIpc) is 3.03. The molecule has 28 heavy (non-hydrogen) atoms. The number of carbonyl (C=O) groups excluding carboxylic acids is 2. The number of halogens is 1. The van der Waals surface area contributed by atoms with Crippen molar-refractivity contribution >= 4 is 34.8 Å². The monoisotopic (exact) mass is 399 g/mol. The molecule has 0 spiro atoms. The Morgan fingerprint density at radius 2 is 1.68 bits per heavy atom. The van der Waals surface area contributed by atoms with Crippen molar-refractivity contribution in [2.24, 2.45) is 0 Å². The molecule has 2 aliphatic heterocycles. The van der Waals surface area contributed by atoms with E-state index in [4.69, 9.17) is 16.3 Å². The van der Waals surface area contributed by atoms with Crippen LogP contribution in [0.25, 0.3) is 0 Å². The molecule has 4 rings (SSSR count). The maximum atomic E-state index is 13.0. The highest BCUT2D eigenvalue weighted by atomic mass is 35.5. The first kappa shape index (κ1) is 18.8. The lowest BCUT2D eigenvalue weighted by Gasteiger charge is -2.38. The molecule has 0 aliphatic carbocycles. The van der Waals surface area contributed by atoms with E-state index in [1.165, 1.54) is 17.7 Å². The molecule has 2 heterocycles. The molecule has 6 nitrogen and oxygen atoms in total. The average molecular weight is 400 g/mol. The highest BCUT2D eigenvalue weighted by Crippen LogP contribution is 2.33. The van der Waals surface area contributed by atoms with Gasteiger partial charge in [0.05, 0.1) is 30.3 Å². The number of hydrogen-bond acceptors (Lipinski definition) is 5. The van der Waals surface area contributed by atoms with E-state index < -0.39 is 6.04 Å². The van der Waals surface area contributed by atoms with Gasteiger partial charge >= 0.3 is 0 Å². The zero-order valence-electron chi connectivity index (χ0n) is 15.7. The predicted molar refractivity (Wildman–Crippen MR) is 109 cm³/mol. The standard InChI is InChI=1S/C21H22ClN3O3/c1-28-19-8-7-16(13-17(19)22)25-20(26)14-18(21(25)27)24-11-9-23(10-12-24)15-5-3-2-4-6-15/h2-8,13,18H,9-12,14H2,1H3. The third kappa shape index (κ3) is 3.45. The van der Waals surface area contributed by atoms with Gasteiger partial charge in [0.2, 0.25) is 5.91 Å². The first-order chi connectivity index (χ1) is 13.6. The number of benzene rings is 2. The van der Waals surface area contributed by atoms with Crippen molar-refractivity contribution in [1.29, 1.82) is 0 Å². The molecule has 0 saturated carbocycles. The molecule has 0 aromatic heterocycles. The Morgan fingerprint density at radius 3 is 2.32 bits per heavy atom. The molecule has 0 bridgehead atoms. The molecule has 2 aromatic rings. The maximum absolute atomic E-state index is 13.0. The molecular weight excluding hydrogens is 378 g/mol. The van der Waals surface area contributed by atoms with Gasteiger partial charge in [0.15, 0.2) is 0 Å². The van der Waals surface area contributed by atoms with Crippen molar-refractivity contribution in [1.82, 2.24) is 4.90 Å². The summed E-state index contributed by atoms with van der Waals surface area (Å²) in [6.07, 6.45) is 0.202. The van der Waals surface area contributed by atoms with E-state index in [1.54, 1.807) is 18.2 Å². The molecular formula is C21H22ClN3O3. The van der Waals surface area contributed by atoms with Crippen LogP contribution < -0.4 is 14.5 Å². The first-order valence-electron chi connectivity index (χ1n) is 9.33. The lowest BCUT2D eigenvalue weighted by Crippen LogP contribution is -2.52. The molecule has 0 N–H and O–H groups in total. The number of imide groups is 1. The van der Waals surface area contributed by atoms with E-state index in [0.717, 1.165) is 26.2 Å². The number of hydrogen-bond donors (Lipinski definition) is 0. The molecule has 146 valence electrons. The van der Waals surface area contributed by atoms with Crippen molar-refractivity contribution in [2.75, 3.05) is 43.1 Å². The number of amides is 2. The quantitative estimate of drug-likeness (QED) is 0.740. The molecule has 2 aromatic carbocycles. The van der Waals surface area contributed by atoms with E-state index in [1.807, 2.05) is 18.2 Å². The molecule has 2 amide bonds. The van der Waals surface area contributed by atoms with Gasteiger partial charge in [-0.3, -0.25) is 14.5 Å². The van der Waals surface area contributed by atoms with Crippen LogP contribution in [0, 0.1) is 0 Å². The highest BCUT2D eigenvalue weighted by molar-refractivity contribution is 6.33. The van der Waals surface area contributed by atoms with Crippen LogP contribution in [0.5, 0.6) is 5.75 Å². The molecule has 7 heteroatoms. The fourth-order valence-electron chi connectivity index (χ4n) is 3.90. The van der Waals surface area contributed by atoms with E-state index in [2.05, 4.69) is 21.9 Å². The summed E-state index contributed by atoms with van der Waals surface area (Å²) in [7, 11) is 1.53. The van der Waals surface area contributed by atoms with Crippen LogP contribution in [0.4, 0.5) is 11.4 Å². The van der Waals surface area contributed by atoms with Crippen LogP contribution in [0.3, 0.4) is 0 Å². The van der Waals surface area contributed by atoms with Gasteiger partial charge in [-0.05, 0) is 30.3 Å². The largest absolute Gasteiger partial charge is 0.495 e. The van der Waals surface area contributed by atoms with E-state index in [-0.39, 0.29) is 18.2 Å². The molecule has 2 saturated heterocycles. The molecule has 2 fully saturated rings.